The number of aromatic amines is 1. The Labute approximate surface area is 92.4 Å². The van der Waals surface area contributed by atoms with Gasteiger partial charge in [-0.1, -0.05) is 0 Å². The summed E-state index contributed by atoms with van der Waals surface area (Å²) in [4.78, 5) is 24.5. The molecule has 5 nitrogen and oxygen atoms in total. The van der Waals surface area contributed by atoms with Crippen molar-refractivity contribution < 1.29 is 0 Å². The highest BCUT2D eigenvalue weighted by Gasteiger charge is 2.55. The molecule has 0 bridgehead atoms. The lowest BCUT2D eigenvalue weighted by atomic mass is 9.96. The van der Waals surface area contributed by atoms with E-state index in [1.165, 1.54) is 0 Å². The molecule has 3 rings (SSSR count). The van der Waals surface area contributed by atoms with Gasteiger partial charge in [0.15, 0.2) is 0 Å². The molecule has 1 aromatic rings. The first-order valence-corrected chi connectivity index (χ1v) is 5.53. The summed E-state index contributed by atoms with van der Waals surface area (Å²) in [7, 11) is 0. The zero-order valence-electron chi connectivity index (χ0n) is 8.85. The Morgan fingerprint density at radius 1 is 1.50 bits per heavy atom. The van der Waals surface area contributed by atoms with Crippen molar-refractivity contribution in [1.82, 2.24) is 9.99 Å². The Hall–Kier alpha value is -1.65. The first-order chi connectivity index (χ1) is 7.73. The molecule has 16 heavy (non-hydrogen) atoms. The molecule has 1 unspecified atom stereocenters. The van der Waals surface area contributed by atoms with Crippen LogP contribution >= 0.6 is 0 Å². The summed E-state index contributed by atoms with van der Waals surface area (Å²) in [5.74, 6) is 0.266. The lowest BCUT2D eigenvalue weighted by Gasteiger charge is -2.14. The Morgan fingerprint density at radius 3 is 2.88 bits per heavy atom. The number of H-pyrrole nitrogens is 1. The first-order valence-electron chi connectivity index (χ1n) is 5.53. The molecular weight excluding hydrogens is 206 g/mol. The summed E-state index contributed by atoms with van der Waals surface area (Å²) in [6, 6.07) is 3.53. The van der Waals surface area contributed by atoms with E-state index in [-0.39, 0.29) is 17.0 Å². The van der Waals surface area contributed by atoms with Gasteiger partial charge >= 0.3 is 0 Å². The standard InChI is InChI=1S/C11H13N3O2/c15-10-5-8(1-4-12-10)9-6-11(2-3-11)14(7-9)13-16/h1,4-5,9H,2-3,6-7H2,(H,12,15). The summed E-state index contributed by atoms with van der Waals surface area (Å²) in [5, 5.41) is 4.76. The van der Waals surface area contributed by atoms with Crippen LogP contribution in [0, 0.1) is 4.91 Å². The largest absolute Gasteiger partial charge is 0.329 e. The lowest BCUT2D eigenvalue weighted by molar-refractivity contribution is 0.243. The Balaban J connectivity index is 1.88. The van der Waals surface area contributed by atoms with Crippen molar-refractivity contribution in [2.24, 2.45) is 5.29 Å². The summed E-state index contributed by atoms with van der Waals surface area (Å²) in [6.45, 7) is 0.646. The van der Waals surface area contributed by atoms with E-state index in [1.807, 2.05) is 6.07 Å². The maximum atomic E-state index is 11.2. The fourth-order valence-corrected chi connectivity index (χ4v) is 2.70. The smallest absolute Gasteiger partial charge is 0.248 e. The third kappa shape index (κ3) is 1.35. The molecule has 5 heteroatoms. The van der Waals surface area contributed by atoms with Gasteiger partial charge < -0.3 is 4.98 Å². The molecule has 0 aromatic carbocycles. The first kappa shape index (κ1) is 9.57. The minimum Gasteiger partial charge on any atom is -0.329 e. The zero-order chi connectivity index (χ0) is 11.2. The summed E-state index contributed by atoms with van der Waals surface area (Å²) in [5.41, 5.74) is 0.954. The van der Waals surface area contributed by atoms with E-state index in [0.29, 0.717) is 6.54 Å². The van der Waals surface area contributed by atoms with Crippen molar-refractivity contribution in [2.75, 3.05) is 6.54 Å². The number of nitrogens with one attached hydrogen (secondary N) is 1. The normalized spacial score (nSPS) is 26.0. The lowest BCUT2D eigenvalue weighted by Crippen LogP contribution is -2.24. The molecule has 1 N–H and O–H groups in total. The Kier molecular flexibility index (Phi) is 1.89. The summed E-state index contributed by atoms with van der Waals surface area (Å²) in [6.07, 6.45) is 4.72. The molecule has 1 saturated heterocycles. The second-order valence-corrected chi connectivity index (χ2v) is 4.78. The number of nitroso groups, excluding NO2 is 1. The van der Waals surface area contributed by atoms with Gasteiger partial charge in [0.25, 0.3) is 0 Å². The molecule has 1 saturated carbocycles. The van der Waals surface area contributed by atoms with E-state index in [2.05, 4.69) is 10.3 Å². The van der Waals surface area contributed by atoms with Crippen molar-refractivity contribution in [3.05, 3.63) is 39.2 Å². The van der Waals surface area contributed by atoms with Crippen LogP contribution in [0.4, 0.5) is 0 Å². The summed E-state index contributed by atoms with van der Waals surface area (Å²) >= 11 is 0. The minimum atomic E-state index is -0.0835. The molecule has 0 radical (unpaired) electrons. The van der Waals surface area contributed by atoms with E-state index in [9.17, 15) is 9.70 Å². The van der Waals surface area contributed by atoms with Crippen LogP contribution < -0.4 is 5.56 Å². The second-order valence-electron chi connectivity index (χ2n) is 4.78. The third-order valence-corrected chi connectivity index (χ3v) is 3.76. The average Bonchev–Trinajstić information content (AvgIpc) is 2.93. The molecule has 1 aromatic heterocycles. The number of rotatable bonds is 2. The van der Waals surface area contributed by atoms with Gasteiger partial charge in [-0.3, -0.25) is 9.80 Å². The Morgan fingerprint density at radius 2 is 2.31 bits per heavy atom. The summed E-state index contributed by atoms with van der Waals surface area (Å²) < 4.78 is 0. The van der Waals surface area contributed by atoms with Crippen molar-refractivity contribution >= 4 is 0 Å². The van der Waals surface area contributed by atoms with Crippen LogP contribution in [0.15, 0.2) is 28.4 Å². The molecule has 1 spiro atoms. The quantitative estimate of drug-likeness (QED) is 0.764. The predicted octanol–water partition coefficient (Wildman–Crippen LogP) is 1.38. The molecule has 2 heterocycles. The van der Waals surface area contributed by atoms with E-state index >= 15 is 0 Å². The van der Waals surface area contributed by atoms with Crippen LogP contribution in [0.5, 0.6) is 0 Å². The highest BCUT2D eigenvalue weighted by atomic mass is 16.3. The fraction of sp³-hybridized carbons (Fsp3) is 0.545. The molecule has 84 valence electrons. The van der Waals surface area contributed by atoms with Crippen LogP contribution in [-0.2, 0) is 0 Å². The van der Waals surface area contributed by atoms with Gasteiger partial charge in [-0.2, -0.15) is 0 Å². The van der Waals surface area contributed by atoms with E-state index in [0.717, 1.165) is 24.8 Å². The van der Waals surface area contributed by atoms with Crippen molar-refractivity contribution in [3.63, 3.8) is 0 Å². The minimum absolute atomic E-state index is 0.0228. The topological polar surface area (TPSA) is 65.5 Å². The molecule has 1 aliphatic carbocycles. The fourth-order valence-electron chi connectivity index (χ4n) is 2.70. The van der Waals surface area contributed by atoms with Gasteiger partial charge in [-0.25, -0.2) is 0 Å². The van der Waals surface area contributed by atoms with Crippen LogP contribution in [0.25, 0.3) is 0 Å². The highest BCUT2D eigenvalue weighted by molar-refractivity contribution is 5.23. The molecule has 1 atom stereocenters. The molecule has 1 aliphatic heterocycles. The van der Waals surface area contributed by atoms with E-state index in [1.54, 1.807) is 17.3 Å². The highest BCUT2D eigenvalue weighted by Crippen LogP contribution is 2.53. The number of pyridine rings is 1. The second kappa shape index (κ2) is 3.17. The molecule has 2 fully saturated rings. The maximum Gasteiger partial charge on any atom is 0.248 e. The van der Waals surface area contributed by atoms with Crippen LogP contribution in [0.2, 0.25) is 0 Å². The van der Waals surface area contributed by atoms with E-state index in [4.69, 9.17) is 0 Å². The van der Waals surface area contributed by atoms with Gasteiger partial charge in [0.05, 0.1) is 10.8 Å². The third-order valence-electron chi connectivity index (χ3n) is 3.76. The van der Waals surface area contributed by atoms with E-state index < -0.39 is 0 Å². The monoisotopic (exact) mass is 219 g/mol. The SMILES string of the molecule is O=NN1CC(c2cc[nH]c(=O)c2)CC12CC2. The van der Waals surface area contributed by atoms with Gasteiger partial charge in [0.2, 0.25) is 5.56 Å². The number of nitrogens with zero attached hydrogens (tertiary/aromatic N) is 2. The number of aromatic nitrogens is 1. The Bertz CT molecular complexity index is 478. The van der Waals surface area contributed by atoms with Crippen LogP contribution in [-0.4, -0.2) is 22.1 Å². The average molecular weight is 219 g/mol. The van der Waals surface area contributed by atoms with Crippen molar-refractivity contribution in [3.8, 4) is 0 Å². The molecular formula is C11H13N3O2. The van der Waals surface area contributed by atoms with Crippen LogP contribution in [0.1, 0.15) is 30.7 Å². The van der Waals surface area contributed by atoms with Gasteiger partial charge in [-0.05, 0) is 30.9 Å². The van der Waals surface area contributed by atoms with Crippen molar-refractivity contribution in [2.45, 2.75) is 30.7 Å². The molecule has 0 amide bonds. The zero-order valence-corrected chi connectivity index (χ0v) is 8.85. The number of hydrogen-bond acceptors (Lipinski definition) is 3. The van der Waals surface area contributed by atoms with Crippen LogP contribution in [0.3, 0.4) is 0 Å². The maximum absolute atomic E-state index is 11.2. The van der Waals surface area contributed by atoms with Gasteiger partial charge in [0.1, 0.15) is 0 Å². The van der Waals surface area contributed by atoms with Crippen molar-refractivity contribution in [1.29, 1.82) is 0 Å². The van der Waals surface area contributed by atoms with Gasteiger partial charge in [-0.15, -0.1) is 4.91 Å². The van der Waals surface area contributed by atoms with Gasteiger partial charge in [0, 0.05) is 24.7 Å². The molecule has 2 aliphatic rings. The number of hydrogen-bond donors (Lipinski definition) is 1. The predicted molar refractivity (Wildman–Crippen MR) is 58.9 cm³/mol.